The minimum absolute atomic E-state index is 0.290. The molecule has 3 N–H and O–H groups in total. The van der Waals surface area contributed by atoms with Gasteiger partial charge in [0, 0.05) is 50.7 Å². The van der Waals surface area contributed by atoms with Crippen LogP contribution in [0.5, 0.6) is 0 Å². The van der Waals surface area contributed by atoms with Crippen LogP contribution in [-0.4, -0.2) is 49.3 Å². The zero-order chi connectivity index (χ0) is 12.1. The molecule has 94 valence electrons. The lowest BCUT2D eigenvalue weighted by atomic mass is 10.2. The summed E-state index contributed by atoms with van der Waals surface area (Å²) in [4.78, 5) is 4.79. The van der Waals surface area contributed by atoms with Gasteiger partial charge < -0.3 is 15.7 Å². The summed E-state index contributed by atoms with van der Waals surface area (Å²) in [6.45, 7) is 5.55. The van der Waals surface area contributed by atoms with Crippen LogP contribution in [0.25, 0.3) is 0 Å². The normalized spacial score (nSPS) is 17.4. The largest absolute Gasteiger partial charge is 0.399 e. The van der Waals surface area contributed by atoms with E-state index < -0.39 is 0 Å². The molecule has 1 heterocycles. The number of nitrogen functional groups attached to an aromatic ring is 1. The van der Waals surface area contributed by atoms with Crippen LogP contribution in [0.1, 0.15) is 6.42 Å². The van der Waals surface area contributed by atoms with E-state index in [2.05, 4.69) is 21.9 Å². The SMILES string of the molecule is Nc1ccc(N2CCN(CCCO)CC2)cc1. The lowest BCUT2D eigenvalue weighted by Crippen LogP contribution is -2.46. The molecule has 0 radical (unpaired) electrons. The molecule has 0 atom stereocenters. The fraction of sp³-hybridized carbons (Fsp3) is 0.538. The van der Waals surface area contributed by atoms with Crippen LogP contribution in [0.3, 0.4) is 0 Å². The Morgan fingerprint density at radius 1 is 1.06 bits per heavy atom. The lowest BCUT2D eigenvalue weighted by molar-refractivity contribution is 0.216. The van der Waals surface area contributed by atoms with E-state index in [0.29, 0.717) is 0 Å². The molecular weight excluding hydrogens is 214 g/mol. The Kier molecular flexibility index (Phi) is 4.23. The Hall–Kier alpha value is -1.26. The fourth-order valence-electron chi connectivity index (χ4n) is 2.21. The van der Waals surface area contributed by atoms with Gasteiger partial charge in [0.15, 0.2) is 0 Å². The molecule has 0 aliphatic carbocycles. The highest BCUT2D eigenvalue weighted by atomic mass is 16.3. The van der Waals surface area contributed by atoms with Crippen molar-refractivity contribution in [1.29, 1.82) is 0 Å². The number of benzene rings is 1. The summed E-state index contributed by atoms with van der Waals surface area (Å²) in [6, 6.07) is 8.07. The summed E-state index contributed by atoms with van der Waals surface area (Å²) >= 11 is 0. The standard InChI is InChI=1S/C13H21N3O/c14-12-2-4-13(5-3-12)16-9-7-15(8-10-16)6-1-11-17/h2-5,17H,1,6-11,14H2. The number of rotatable bonds is 4. The molecule has 0 bridgehead atoms. The van der Waals surface area contributed by atoms with Crippen LogP contribution in [-0.2, 0) is 0 Å². The second-order valence-electron chi connectivity index (χ2n) is 4.50. The van der Waals surface area contributed by atoms with Gasteiger partial charge >= 0.3 is 0 Å². The summed E-state index contributed by atoms with van der Waals surface area (Å²) in [7, 11) is 0. The smallest absolute Gasteiger partial charge is 0.0443 e. The number of piperazine rings is 1. The van der Waals surface area contributed by atoms with Gasteiger partial charge in [-0.15, -0.1) is 0 Å². The molecule has 0 saturated carbocycles. The number of hydrogen-bond donors (Lipinski definition) is 2. The van der Waals surface area contributed by atoms with E-state index in [1.54, 1.807) is 0 Å². The topological polar surface area (TPSA) is 52.7 Å². The second kappa shape index (κ2) is 5.89. The lowest BCUT2D eigenvalue weighted by Gasteiger charge is -2.36. The van der Waals surface area contributed by atoms with Gasteiger partial charge in [0.05, 0.1) is 0 Å². The van der Waals surface area contributed by atoms with E-state index >= 15 is 0 Å². The van der Waals surface area contributed by atoms with E-state index in [4.69, 9.17) is 10.8 Å². The van der Waals surface area contributed by atoms with Gasteiger partial charge in [0.25, 0.3) is 0 Å². The first-order valence-electron chi connectivity index (χ1n) is 6.23. The van der Waals surface area contributed by atoms with Gasteiger partial charge in [-0.2, -0.15) is 0 Å². The minimum atomic E-state index is 0.290. The van der Waals surface area contributed by atoms with Gasteiger partial charge in [0.1, 0.15) is 0 Å². The highest BCUT2D eigenvalue weighted by Crippen LogP contribution is 2.17. The number of aliphatic hydroxyl groups is 1. The Morgan fingerprint density at radius 3 is 2.29 bits per heavy atom. The number of anilines is 2. The molecule has 1 fully saturated rings. The zero-order valence-electron chi connectivity index (χ0n) is 10.2. The van der Waals surface area contributed by atoms with Gasteiger partial charge in [-0.1, -0.05) is 0 Å². The third kappa shape index (κ3) is 3.35. The van der Waals surface area contributed by atoms with Crippen molar-refractivity contribution in [2.24, 2.45) is 0 Å². The molecule has 1 aromatic rings. The first-order chi connectivity index (χ1) is 8.29. The highest BCUT2D eigenvalue weighted by molar-refractivity contribution is 5.53. The molecule has 1 aliphatic rings. The molecule has 1 aromatic carbocycles. The van der Waals surface area contributed by atoms with Crippen molar-refractivity contribution in [1.82, 2.24) is 4.90 Å². The van der Waals surface area contributed by atoms with E-state index in [-0.39, 0.29) is 6.61 Å². The number of aliphatic hydroxyl groups excluding tert-OH is 1. The van der Waals surface area contributed by atoms with Crippen LogP contribution in [0.15, 0.2) is 24.3 Å². The Balaban J connectivity index is 1.84. The summed E-state index contributed by atoms with van der Waals surface area (Å²) < 4.78 is 0. The molecule has 0 spiro atoms. The molecular formula is C13H21N3O. The highest BCUT2D eigenvalue weighted by Gasteiger charge is 2.16. The van der Waals surface area contributed by atoms with Crippen molar-refractivity contribution < 1.29 is 5.11 Å². The van der Waals surface area contributed by atoms with Gasteiger partial charge in [-0.3, -0.25) is 4.90 Å². The quantitative estimate of drug-likeness (QED) is 0.757. The van der Waals surface area contributed by atoms with E-state index in [9.17, 15) is 0 Å². The molecule has 17 heavy (non-hydrogen) atoms. The van der Waals surface area contributed by atoms with Crippen LogP contribution in [0.4, 0.5) is 11.4 Å². The van der Waals surface area contributed by atoms with Crippen LogP contribution >= 0.6 is 0 Å². The average Bonchev–Trinajstić information content (AvgIpc) is 2.38. The molecule has 1 saturated heterocycles. The van der Waals surface area contributed by atoms with Gasteiger partial charge in [-0.05, 0) is 30.7 Å². The van der Waals surface area contributed by atoms with Crippen LogP contribution in [0.2, 0.25) is 0 Å². The maximum atomic E-state index is 8.80. The van der Waals surface area contributed by atoms with Crippen LogP contribution < -0.4 is 10.6 Å². The van der Waals surface area contributed by atoms with E-state index in [1.165, 1.54) is 5.69 Å². The molecule has 4 nitrogen and oxygen atoms in total. The zero-order valence-corrected chi connectivity index (χ0v) is 10.2. The Bertz CT molecular complexity index is 331. The predicted octanol–water partition coefficient (Wildman–Crippen LogP) is 0.773. The molecule has 1 aliphatic heterocycles. The Morgan fingerprint density at radius 2 is 1.71 bits per heavy atom. The average molecular weight is 235 g/mol. The predicted molar refractivity (Wildman–Crippen MR) is 71.2 cm³/mol. The summed E-state index contributed by atoms with van der Waals surface area (Å²) in [6.07, 6.45) is 0.877. The Labute approximate surface area is 103 Å². The van der Waals surface area contributed by atoms with Crippen LogP contribution in [0, 0.1) is 0 Å². The van der Waals surface area contributed by atoms with Crippen molar-refractivity contribution in [3.8, 4) is 0 Å². The maximum absolute atomic E-state index is 8.80. The van der Waals surface area contributed by atoms with Crippen molar-refractivity contribution >= 4 is 11.4 Å². The van der Waals surface area contributed by atoms with Crippen molar-refractivity contribution in [3.05, 3.63) is 24.3 Å². The molecule has 0 unspecified atom stereocenters. The summed E-state index contributed by atoms with van der Waals surface area (Å²) in [5.74, 6) is 0. The number of nitrogens with two attached hydrogens (primary N) is 1. The molecule has 2 rings (SSSR count). The summed E-state index contributed by atoms with van der Waals surface area (Å²) in [5, 5.41) is 8.80. The minimum Gasteiger partial charge on any atom is -0.399 e. The third-order valence-corrected chi connectivity index (χ3v) is 3.26. The first kappa shape index (κ1) is 12.2. The molecule has 0 amide bonds. The van der Waals surface area contributed by atoms with Gasteiger partial charge in [0.2, 0.25) is 0 Å². The van der Waals surface area contributed by atoms with Crippen molar-refractivity contribution in [2.75, 3.05) is 50.0 Å². The fourth-order valence-corrected chi connectivity index (χ4v) is 2.21. The van der Waals surface area contributed by atoms with Crippen molar-refractivity contribution in [3.63, 3.8) is 0 Å². The third-order valence-electron chi connectivity index (χ3n) is 3.26. The summed E-state index contributed by atoms with van der Waals surface area (Å²) in [5.41, 5.74) is 7.75. The van der Waals surface area contributed by atoms with E-state index in [0.717, 1.165) is 44.8 Å². The van der Waals surface area contributed by atoms with E-state index in [1.807, 2.05) is 12.1 Å². The van der Waals surface area contributed by atoms with Gasteiger partial charge in [-0.25, -0.2) is 0 Å². The first-order valence-corrected chi connectivity index (χ1v) is 6.23. The molecule has 0 aromatic heterocycles. The molecule has 4 heteroatoms. The second-order valence-corrected chi connectivity index (χ2v) is 4.50. The maximum Gasteiger partial charge on any atom is 0.0443 e. The number of hydrogen-bond acceptors (Lipinski definition) is 4. The van der Waals surface area contributed by atoms with Crippen molar-refractivity contribution in [2.45, 2.75) is 6.42 Å². The number of nitrogens with zero attached hydrogens (tertiary/aromatic N) is 2. The monoisotopic (exact) mass is 235 g/mol.